The number of guanidine groups is 1. The van der Waals surface area contributed by atoms with Gasteiger partial charge in [-0.1, -0.05) is 41.8 Å². The number of nitrogens with zero attached hydrogens (tertiary/aromatic N) is 1. The van der Waals surface area contributed by atoms with Crippen molar-refractivity contribution in [2.24, 2.45) is 4.99 Å². The molecule has 0 bridgehead atoms. The largest absolute Gasteiger partial charge is 0.493 e. The lowest BCUT2D eigenvalue weighted by Crippen LogP contribution is -2.36. The van der Waals surface area contributed by atoms with E-state index in [0.717, 1.165) is 11.5 Å². The molecule has 0 saturated carbocycles. The Hall–Kier alpha value is -2.40. The molecular weight excluding hydrogens is 453 g/mol. The number of halogens is 1. The van der Waals surface area contributed by atoms with Gasteiger partial charge in [0.1, 0.15) is 6.61 Å². The van der Waals surface area contributed by atoms with E-state index in [1.165, 1.54) is 11.1 Å². The van der Waals surface area contributed by atoms with E-state index in [-0.39, 0.29) is 30.6 Å². The molecule has 27 heavy (non-hydrogen) atoms. The number of aryl methyl sites for hydroxylation is 1. The van der Waals surface area contributed by atoms with Crippen LogP contribution in [-0.4, -0.2) is 26.7 Å². The SMILES string of the molecule is C#CCOc1cc(CNC(=NC)NCc2cccc(C)c2)ccc1OC.I. The number of rotatable bonds is 7. The summed E-state index contributed by atoms with van der Waals surface area (Å²) in [6.45, 7) is 3.59. The molecule has 0 fully saturated rings. The molecule has 0 spiro atoms. The zero-order valence-corrected chi connectivity index (χ0v) is 18.2. The molecule has 0 unspecified atom stereocenters. The summed E-state index contributed by atoms with van der Waals surface area (Å²) in [6, 6.07) is 14.1. The molecule has 6 heteroatoms. The number of hydrogen-bond donors (Lipinski definition) is 2. The topological polar surface area (TPSA) is 54.9 Å². The number of hydrogen-bond acceptors (Lipinski definition) is 3. The number of methoxy groups -OCH3 is 1. The smallest absolute Gasteiger partial charge is 0.191 e. The van der Waals surface area contributed by atoms with E-state index in [0.29, 0.717) is 24.6 Å². The molecule has 0 aromatic heterocycles. The fraction of sp³-hybridized carbons (Fsp3) is 0.286. The highest BCUT2D eigenvalue weighted by Crippen LogP contribution is 2.27. The minimum atomic E-state index is 0. The molecule has 0 radical (unpaired) electrons. The third-order valence-corrected chi connectivity index (χ3v) is 3.77. The van der Waals surface area contributed by atoms with Crippen molar-refractivity contribution in [1.82, 2.24) is 10.6 Å². The molecular formula is C21H26IN3O2. The van der Waals surface area contributed by atoms with Crippen LogP contribution >= 0.6 is 24.0 Å². The van der Waals surface area contributed by atoms with Crippen LogP contribution in [0.1, 0.15) is 16.7 Å². The quantitative estimate of drug-likeness (QED) is 0.276. The van der Waals surface area contributed by atoms with Gasteiger partial charge in [0.05, 0.1) is 7.11 Å². The van der Waals surface area contributed by atoms with E-state index < -0.39 is 0 Å². The maximum atomic E-state index is 5.53. The molecule has 2 aromatic carbocycles. The van der Waals surface area contributed by atoms with Gasteiger partial charge in [0.15, 0.2) is 17.5 Å². The van der Waals surface area contributed by atoms with Crippen molar-refractivity contribution in [2.75, 3.05) is 20.8 Å². The zero-order valence-electron chi connectivity index (χ0n) is 15.9. The van der Waals surface area contributed by atoms with Crippen molar-refractivity contribution in [3.8, 4) is 23.8 Å². The fourth-order valence-electron chi connectivity index (χ4n) is 2.48. The van der Waals surface area contributed by atoms with Gasteiger partial charge in [-0.05, 0) is 30.2 Å². The highest BCUT2D eigenvalue weighted by Gasteiger charge is 2.06. The van der Waals surface area contributed by atoms with Gasteiger partial charge in [-0.15, -0.1) is 30.4 Å². The predicted molar refractivity (Wildman–Crippen MR) is 121 cm³/mol. The summed E-state index contributed by atoms with van der Waals surface area (Å²) in [5.74, 6) is 4.48. The van der Waals surface area contributed by atoms with Gasteiger partial charge in [-0.2, -0.15) is 0 Å². The summed E-state index contributed by atoms with van der Waals surface area (Å²) >= 11 is 0. The van der Waals surface area contributed by atoms with Crippen LogP contribution in [0.2, 0.25) is 0 Å². The summed E-state index contributed by atoms with van der Waals surface area (Å²) in [4.78, 5) is 4.26. The average molecular weight is 479 g/mol. The first kappa shape index (κ1) is 22.6. The molecule has 2 rings (SSSR count). The second-order valence-electron chi connectivity index (χ2n) is 5.75. The Kier molecular flexibility index (Phi) is 10.1. The molecule has 2 aromatic rings. The molecule has 0 aliphatic rings. The number of benzene rings is 2. The summed E-state index contributed by atoms with van der Waals surface area (Å²) in [5.41, 5.74) is 3.49. The Balaban J connectivity index is 0.00000364. The highest BCUT2D eigenvalue weighted by atomic mass is 127. The maximum Gasteiger partial charge on any atom is 0.191 e. The van der Waals surface area contributed by atoms with Crippen molar-refractivity contribution in [3.05, 3.63) is 59.2 Å². The van der Waals surface area contributed by atoms with Gasteiger partial charge < -0.3 is 20.1 Å². The monoisotopic (exact) mass is 479 g/mol. The normalized spacial score (nSPS) is 10.4. The summed E-state index contributed by atoms with van der Waals surface area (Å²) < 4.78 is 10.8. The van der Waals surface area contributed by atoms with Gasteiger partial charge in [0.2, 0.25) is 0 Å². The first-order valence-corrected chi connectivity index (χ1v) is 8.39. The van der Waals surface area contributed by atoms with Crippen LogP contribution in [0, 0.1) is 19.3 Å². The Morgan fingerprint density at radius 2 is 1.78 bits per heavy atom. The predicted octanol–water partition coefficient (Wildman–Crippen LogP) is 3.50. The lowest BCUT2D eigenvalue weighted by Gasteiger charge is -2.14. The van der Waals surface area contributed by atoms with Crippen molar-refractivity contribution >= 4 is 29.9 Å². The highest BCUT2D eigenvalue weighted by molar-refractivity contribution is 14.0. The minimum Gasteiger partial charge on any atom is -0.493 e. The molecule has 0 atom stereocenters. The molecule has 0 saturated heterocycles. The van der Waals surface area contributed by atoms with Gasteiger partial charge >= 0.3 is 0 Å². The Bertz CT molecular complexity index is 800. The Morgan fingerprint density at radius 3 is 2.37 bits per heavy atom. The fourth-order valence-corrected chi connectivity index (χ4v) is 2.48. The Labute approximate surface area is 178 Å². The third kappa shape index (κ3) is 7.39. The molecule has 0 aliphatic carbocycles. The number of nitrogens with one attached hydrogen (secondary N) is 2. The lowest BCUT2D eigenvalue weighted by atomic mass is 10.1. The summed E-state index contributed by atoms with van der Waals surface area (Å²) in [5, 5.41) is 6.60. The number of ether oxygens (including phenoxy) is 2. The van der Waals surface area contributed by atoms with Crippen LogP contribution in [0.4, 0.5) is 0 Å². The first-order chi connectivity index (χ1) is 12.7. The number of aliphatic imine (C=N–C) groups is 1. The molecule has 5 nitrogen and oxygen atoms in total. The minimum absolute atomic E-state index is 0. The van der Waals surface area contributed by atoms with Crippen LogP contribution in [0.5, 0.6) is 11.5 Å². The van der Waals surface area contributed by atoms with Gasteiger partial charge in [-0.3, -0.25) is 4.99 Å². The van der Waals surface area contributed by atoms with Gasteiger partial charge in [-0.25, -0.2) is 0 Å². The van der Waals surface area contributed by atoms with Crippen LogP contribution in [0.25, 0.3) is 0 Å². The van der Waals surface area contributed by atoms with Crippen molar-refractivity contribution < 1.29 is 9.47 Å². The third-order valence-electron chi connectivity index (χ3n) is 3.77. The first-order valence-electron chi connectivity index (χ1n) is 8.39. The molecule has 2 N–H and O–H groups in total. The van der Waals surface area contributed by atoms with Crippen LogP contribution < -0.4 is 20.1 Å². The average Bonchev–Trinajstić information content (AvgIpc) is 2.66. The van der Waals surface area contributed by atoms with Crippen molar-refractivity contribution in [3.63, 3.8) is 0 Å². The molecule has 0 heterocycles. The van der Waals surface area contributed by atoms with E-state index in [9.17, 15) is 0 Å². The number of terminal acetylenes is 1. The van der Waals surface area contributed by atoms with Crippen LogP contribution in [0.15, 0.2) is 47.5 Å². The second kappa shape index (κ2) is 12.1. The van der Waals surface area contributed by atoms with E-state index in [1.807, 2.05) is 18.2 Å². The van der Waals surface area contributed by atoms with Crippen molar-refractivity contribution in [1.29, 1.82) is 0 Å². The maximum absolute atomic E-state index is 5.53. The lowest BCUT2D eigenvalue weighted by molar-refractivity contribution is 0.330. The summed E-state index contributed by atoms with van der Waals surface area (Å²) in [6.07, 6.45) is 5.26. The molecule has 0 amide bonds. The van der Waals surface area contributed by atoms with E-state index >= 15 is 0 Å². The van der Waals surface area contributed by atoms with E-state index in [2.05, 4.69) is 52.7 Å². The van der Waals surface area contributed by atoms with E-state index in [1.54, 1.807) is 14.2 Å². The standard InChI is InChI=1S/C21H25N3O2.HI/c1-5-11-26-20-13-18(9-10-19(20)25-4)15-24-21(22-3)23-14-17-8-6-7-16(2)12-17;/h1,6-10,12-13H,11,14-15H2,2-4H3,(H2,22,23,24);1H. The molecule has 144 valence electrons. The van der Waals surface area contributed by atoms with Crippen LogP contribution in [-0.2, 0) is 13.1 Å². The molecule has 0 aliphatic heterocycles. The van der Waals surface area contributed by atoms with Gasteiger partial charge in [0, 0.05) is 20.1 Å². The van der Waals surface area contributed by atoms with Gasteiger partial charge in [0.25, 0.3) is 0 Å². The summed E-state index contributed by atoms with van der Waals surface area (Å²) in [7, 11) is 3.36. The van der Waals surface area contributed by atoms with E-state index in [4.69, 9.17) is 15.9 Å². The van der Waals surface area contributed by atoms with Crippen molar-refractivity contribution in [2.45, 2.75) is 20.0 Å². The second-order valence-corrected chi connectivity index (χ2v) is 5.75. The zero-order chi connectivity index (χ0) is 18.8. The van der Waals surface area contributed by atoms with Crippen LogP contribution in [0.3, 0.4) is 0 Å². The Morgan fingerprint density at radius 1 is 1.07 bits per heavy atom.